The first-order valence-corrected chi connectivity index (χ1v) is 20.9. The van der Waals surface area contributed by atoms with Gasteiger partial charge in [-0.2, -0.15) is 20.5 Å². The van der Waals surface area contributed by atoms with E-state index in [1.807, 2.05) is 48.5 Å². The van der Waals surface area contributed by atoms with Crippen LogP contribution >= 0.6 is 0 Å². The number of esters is 2. The Bertz CT molecular complexity index is 2020. The molecule has 0 aliphatic rings. The van der Waals surface area contributed by atoms with Gasteiger partial charge >= 0.3 is 11.9 Å². The van der Waals surface area contributed by atoms with Gasteiger partial charge in [0.2, 0.25) is 0 Å². The number of unbranched alkanes of at least 4 members (excludes halogenated alkanes) is 6. The number of hydrogen-bond acceptors (Lipinski definition) is 12. The lowest BCUT2D eigenvalue weighted by atomic mass is 10.2. The van der Waals surface area contributed by atoms with Gasteiger partial charge in [-0.05, 0) is 148 Å². The zero-order valence-corrected chi connectivity index (χ0v) is 35.1. The first-order valence-electron chi connectivity index (χ1n) is 20.9. The van der Waals surface area contributed by atoms with Gasteiger partial charge in [-0.15, -0.1) is 13.2 Å². The normalized spacial score (nSPS) is 11.1. The molecule has 5 aromatic rings. The van der Waals surface area contributed by atoms with Crippen molar-refractivity contribution in [3.63, 3.8) is 0 Å². The van der Waals surface area contributed by atoms with Crippen molar-refractivity contribution in [3.05, 3.63) is 158 Å². The van der Waals surface area contributed by atoms with E-state index in [2.05, 4.69) is 33.6 Å². The van der Waals surface area contributed by atoms with Crippen LogP contribution in [0.4, 0.5) is 22.7 Å². The van der Waals surface area contributed by atoms with Crippen LogP contribution in [-0.2, 0) is 9.47 Å². The molecule has 0 heterocycles. The molecule has 0 unspecified atom stereocenters. The third kappa shape index (κ3) is 17.5. The average molecular weight is 839 g/mol. The van der Waals surface area contributed by atoms with Crippen LogP contribution in [0.15, 0.2) is 167 Å². The van der Waals surface area contributed by atoms with E-state index in [1.54, 1.807) is 78.9 Å². The second-order valence-electron chi connectivity index (χ2n) is 14.0. The monoisotopic (exact) mass is 838 g/mol. The van der Waals surface area contributed by atoms with Gasteiger partial charge in [-0.25, -0.2) is 9.59 Å². The summed E-state index contributed by atoms with van der Waals surface area (Å²) >= 11 is 0. The molecule has 0 bridgehead atoms. The minimum atomic E-state index is -0.581. The van der Waals surface area contributed by atoms with Crippen LogP contribution in [-0.4, -0.2) is 51.6 Å². The number of benzene rings is 5. The standard InChI is InChI=1S/C50H54N4O8/c1-3-32-57-34-9-5-7-11-36-59-45-28-24-43(25-29-45)53-51-41-20-16-39(17-21-41)49(55)61-47-14-13-15-48(38-47)62-50(56)40-18-22-42(23-19-40)52-54-44-26-30-46(31-27-44)60-37-12-8-6-10-35-58-33-4-2/h3-4,13-31,38H,1-2,5-12,32-37H2. The van der Waals surface area contributed by atoms with Gasteiger partial charge in [0, 0.05) is 19.3 Å². The highest BCUT2D eigenvalue weighted by molar-refractivity contribution is 5.92. The summed E-state index contributed by atoms with van der Waals surface area (Å²) in [6.45, 7) is 11.3. The largest absolute Gasteiger partial charge is 0.494 e. The molecule has 0 spiro atoms. The van der Waals surface area contributed by atoms with Gasteiger partial charge in [0.25, 0.3) is 0 Å². The fourth-order valence-electron chi connectivity index (χ4n) is 5.74. The Morgan fingerprint density at radius 2 is 0.758 bits per heavy atom. The Balaban J connectivity index is 1.00. The second kappa shape index (κ2) is 27.2. The maximum atomic E-state index is 12.9. The fraction of sp³-hybridized carbons (Fsp3) is 0.280. The Labute approximate surface area is 363 Å². The molecule has 0 aliphatic heterocycles. The molecule has 0 radical (unpaired) electrons. The lowest BCUT2D eigenvalue weighted by molar-refractivity contribution is 0.0732. The third-order valence-electron chi connectivity index (χ3n) is 9.04. The van der Waals surface area contributed by atoms with E-state index in [0.29, 0.717) is 60.3 Å². The Morgan fingerprint density at radius 1 is 0.419 bits per heavy atom. The molecule has 5 aromatic carbocycles. The van der Waals surface area contributed by atoms with Crippen molar-refractivity contribution in [2.45, 2.75) is 51.4 Å². The summed E-state index contributed by atoms with van der Waals surface area (Å²) in [5, 5.41) is 17.1. The maximum absolute atomic E-state index is 12.9. The van der Waals surface area contributed by atoms with E-state index in [4.69, 9.17) is 28.4 Å². The lowest BCUT2D eigenvalue weighted by Gasteiger charge is -2.08. The number of ether oxygens (including phenoxy) is 6. The molecule has 12 nitrogen and oxygen atoms in total. The van der Waals surface area contributed by atoms with Crippen molar-refractivity contribution in [2.24, 2.45) is 20.5 Å². The highest BCUT2D eigenvalue weighted by Gasteiger charge is 2.13. The zero-order chi connectivity index (χ0) is 43.5. The maximum Gasteiger partial charge on any atom is 0.343 e. The summed E-state index contributed by atoms with van der Waals surface area (Å²) in [6, 6.07) is 34.3. The summed E-state index contributed by atoms with van der Waals surface area (Å²) in [5.41, 5.74) is 3.11. The van der Waals surface area contributed by atoms with E-state index in [0.717, 1.165) is 76.1 Å². The Morgan fingerprint density at radius 3 is 1.11 bits per heavy atom. The van der Waals surface area contributed by atoms with Crippen molar-refractivity contribution in [1.29, 1.82) is 0 Å². The molecule has 0 fully saturated rings. The van der Waals surface area contributed by atoms with Crippen LogP contribution in [0.25, 0.3) is 0 Å². The van der Waals surface area contributed by atoms with Crippen LogP contribution in [0.2, 0.25) is 0 Å². The smallest absolute Gasteiger partial charge is 0.343 e. The molecule has 0 aromatic heterocycles. The third-order valence-corrected chi connectivity index (χ3v) is 9.04. The topological polar surface area (TPSA) is 139 Å². The van der Waals surface area contributed by atoms with Gasteiger partial charge < -0.3 is 28.4 Å². The molecule has 0 saturated heterocycles. The number of nitrogens with zero attached hydrogens (tertiary/aromatic N) is 4. The van der Waals surface area contributed by atoms with Crippen molar-refractivity contribution < 1.29 is 38.0 Å². The molecule has 12 heteroatoms. The van der Waals surface area contributed by atoms with Gasteiger partial charge in [0.1, 0.15) is 23.0 Å². The molecule has 0 atom stereocenters. The summed E-state index contributed by atoms with van der Waals surface area (Å²) in [7, 11) is 0. The molecular formula is C50H54N4O8. The van der Waals surface area contributed by atoms with Crippen LogP contribution in [0.1, 0.15) is 72.1 Å². The zero-order valence-electron chi connectivity index (χ0n) is 35.1. The molecular weight excluding hydrogens is 785 g/mol. The predicted molar refractivity (Wildman–Crippen MR) is 240 cm³/mol. The molecule has 62 heavy (non-hydrogen) atoms. The quantitative estimate of drug-likeness (QED) is 0.0159. The van der Waals surface area contributed by atoms with Gasteiger partial charge in [-0.1, -0.05) is 31.1 Å². The number of azo groups is 2. The van der Waals surface area contributed by atoms with Gasteiger partial charge in [-0.3, -0.25) is 0 Å². The molecule has 322 valence electrons. The number of carbonyl (C=O) groups is 2. The highest BCUT2D eigenvalue weighted by Crippen LogP contribution is 2.26. The SMILES string of the molecule is C=CCOCCCCCCOc1ccc(N=Nc2ccc(C(=O)Oc3cccc(OC(=O)c4ccc(N=Nc5ccc(OCCCCCCOCC=C)cc5)cc4)c3)cc2)cc1. The molecule has 0 aliphatic carbocycles. The first-order chi connectivity index (χ1) is 30.5. The van der Waals surface area contributed by atoms with Crippen LogP contribution in [0.3, 0.4) is 0 Å². The first kappa shape index (κ1) is 46.3. The van der Waals surface area contributed by atoms with E-state index in [9.17, 15) is 9.59 Å². The van der Waals surface area contributed by atoms with Crippen molar-refractivity contribution >= 4 is 34.7 Å². The van der Waals surface area contributed by atoms with Crippen LogP contribution < -0.4 is 18.9 Å². The molecule has 0 N–H and O–H groups in total. The summed E-state index contributed by atoms with van der Waals surface area (Å²) in [4.78, 5) is 25.8. The summed E-state index contributed by atoms with van der Waals surface area (Å²) in [5.74, 6) is 0.826. The molecule has 0 saturated carbocycles. The van der Waals surface area contributed by atoms with Crippen molar-refractivity contribution in [1.82, 2.24) is 0 Å². The second-order valence-corrected chi connectivity index (χ2v) is 14.0. The average Bonchev–Trinajstić information content (AvgIpc) is 3.30. The van der Waals surface area contributed by atoms with Crippen molar-refractivity contribution in [2.75, 3.05) is 39.6 Å². The lowest BCUT2D eigenvalue weighted by Crippen LogP contribution is -2.10. The Kier molecular flexibility index (Phi) is 20.3. The minimum absolute atomic E-state index is 0.216. The van der Waals surface area contributed by atoms with E-state index < -0.39 is 11.9 Å². The van der Waals surface area contributed by atoms with Crippen molar-refractivity contribution in [3.8, 4) is 23.0 Å². The number of carbonyl (C=O) groups excluding carboxylic acids is 2. The number of hydrogen-bond donors (Lipinski definition) is 0. The summed E-state index contributed by atoms with van der Waals surface area (Å²) < 4.78 is 33.6. The van der Waals surface area contributed by atoms with Crippen LogP contribution in [0, 0.1) is 0 Å². The van der Waals surface area contributed by atoms with E-state index in [1.165, 1.54) is 6.07 Å². The minimum Gasteiger partial charge on any atom is -0.494 e. The van der Waals surface area contributed by atoms with Crippen LogP contribution in [0.5, 0.6) is 23.0 Å². The molecule has 5 rings (SSSR count). The van der Waals surface area contributed by atoms with E-state index in [-0.39, 0.29) is 11.5 Å². The molecule has 0 amide bonds. The van der Waals surface area contributed by atoms with Gasteiger partial charge in [0.05, 0.1) is 60.3 Å². The summed E-state index contributed by atoms with van der Waals surface area (Å²) in [6.07, 6.45) is 11.9. The predicted octanol–water partition coefficient (Wildman–Crippen LogP) is 13.2. The Hall–Kier alpha value is -6.76. The highest BCUT2D eigenvalue weighted by atomic mass is 16.5. The van der Waals surface area contributed by atoms with E-state index >= 15 is 0 Å². The number of rotatable bonds is 28. The van der Waals surface area contributed by atoms with Gasteiger partial charge in [0.15, 0.2) is 0 Å². The fourth-order valence-corrected chi connectivity index (χ4v) is 5.74.